The van der Waals surface area contributed by atoms with Gasteiger partial charge in [0, 0.05) is 12.4 Å². The fourth-order valence-electron chi connectivity index (χ4n) is 1.35. The molecule has 1 heterocycles. The molecule has 1 aromatic heterocycles. The molecule has 82 valence electrons. The van der Waals surface area contributed by atoms with Crippen LogP contribution >= 0.6 is 0 Å². The van der Waals surface area contributed by atoms with Gasteiger partial charge in [-0.2, -0.15) is 0 Å². The number of hydrogen-bond donors (Lipinski definition) is 1. The molecule has 0 fully saturated rings. The molecule has 4 heteroatoms. The molecule has 0 spiro atoms. The second-order valence-corrected chi connectivity index (χ2v) is 3.36. The molecule has 0 aliphatic heterocycles. The lowest BCUT2D eigenvalue weighted by Crippen LogP contribution is -1.96. The molecule has 0 atom stereocenters. The Balaban J connectivity index is 2.22. The molecule has 2 rings (SSSR count). The summed E-state index contributed by atoms with van der Waals surface area (Å²) in [7, 11) is 0. The van der Waals surface area contributed by atoms with Crippen LogP contribution in [-0.4, -0.2) is 9.97 Å². The van der Waals surface area contributed by atoms with E-state index in [2.05, 4.69) is 16.9 Å². The minimum absolute atomic E-state index is 0.304. The first-order valence-corrected chi connectivity index (χ1v) is 5.13. The number of nitrogens with two attached hydrogens (primary N) is 1. The largest absolute Gasteiger partial charge is 0.422 e. The number of nitrogens with zero attached hydrogens (tertiary/aromatic N) is 2. The number of benzene rings is 1. The molecule has 0 aliphatic carbocycles. The summed E-state index contributed by atoms with van der Waals surface area (Å²) in [6.45, 7) is 2.08. The maximum atomic E-state index is 5.86. The molecule has 16 heavy (non-hydrogen) atoms. The van der Waals surface area contributed by atoms with Gasteiger partial charge in [0.15, 0.2) is 5.75 Å². The predicted octanol–water partition coefficient (Wildman–Crippen LogP) is 2.41. The zero-order chi connectivity index (χ0) is 11.4. The minimum atomic E-state index is 0.304. The van der Waals surface area contributed by atoms with E-state index in [9.17, 15) is 0 Å². The van der Waals surface area contributed by atoms with E-state index < -0.39 is 0 Å². The van der Waals surface area contributed by atoms with Crippen LogP contribution in [0.3, 0.4) is 0 Å². The van der Waals surface area contributed by atoms with E-state index in [-0.39, 0.29) is 0 Å². The van der Waals surface area contributed by atoms with E-state index in [0.717, 1.165) is 6.42 Å². The highest BCUT2D eigenvalue weighted by Crippen LogP contribution is 2.26. The second kappa shape index (κ2) is 4.61. The van der Waals surface area contributed by atoms with Gasteiger partial charge in [-0.1, -0.05) is 13.0 Å². The number of ether oxygens (including phenoxy) is 1. The second-order valence-electron chi connectivity index (χ2n) is 3.36. The maximum absolute atomic E-state index is 5.86. The van der Waals surface area contributed by atoms with E-state index in [0.29, 0.717) is 17.4 Å². The first-order valence-electron chi connectivity index (χ1n) is 5.13. The van der Waals surface area contributed by atoms with Crippen LogP contribution in [0.15, 0.2) is 36.7 Å². The van der Waals surface area contributed by atoms with Crippen LogP contribution in [0.25, 0.3) is 0 Å². The van der Waals surface area contributed by atoms with Gasteiger partial charge < -0.3 is 10.5 Å². The quantitative estimate of drug-likeness (QED) is 0.799. The number of aryl methyl sites for hydroxylation is 1. The van der Waals surface area contributed by atoms with Gasteiger partial charge in [0.1, 0.15) is 0 Å². The zero-order valence-corrected chi connectivity index (χ0v) is 9.05. The van der Waals surface area contributed by atoms with Crippen molar-refractivity contribution in [1.29, 1.82) is 0 Å². The van der Waals surface area contributed by atoms with Crippen molar-refractivity contribution >= 4 is 5.69 Å². The maximum Gasteiger partial charge on any atom is 0.321 e. The number of anilines is 1. The van der Waals surface area contributed by atoms with Crippen molar-refractivity contribution in [3.8, 4) is 11.8 Å². The third kappa shape index (κ3) is 2.28. The smallest absolute Gasteiger partial charge is 0.321 e. The summed E-state index contributed by atoms with van der Waals surface area (Å²) in [5.41, 5.74) is 7.65. The van der Waals surface area contributed by atoms with Gasteiger partial charge in [-0.15, -0.1) is 0 Å². The molecule has 2 N–H and O–H groups in total. The molecule has 0 saturated heterocycles. The van der Waals surface area contributed by atoms with Crippen molar-refractivity contribution in [3.63, 3.8) is 0 Å². The van der Waals surface area contributed by atoms with Crippen LogP contribution in [0.5, 0.6) is 11.8 Å². The number of nitrogen functional groups attached to an aromatic ring is 1. The molecule has 1 aromatic carbocycles. The SMILES string of the molecule is CCc1ccc(Oc2ncccn2)c(N)c1. The van der Waals surface area contributed by atoms with E-state index in [1.807, 2.05) is 18.2 Å². The number of rotatable bonds is 3. The van der Waals surface area contributed by atoms with Crippen LogP contribution in [0, 0.1) is 0 Å². The third-order valence-corrected chi connectivity index (χ3v) is 2.23. The molecule has 0 bridgehead atoms. The van der Waals surface area contributed by atoms with Crippen LogP contribution in [-0.2, 0) is 6.42 Å². The molecule has 2 aromatic rings. The van der Waals surface area contributed by atoms with Gasteiger partial charge >= 0.3 is 6.01 Å². The highest BCUT2D eigenvalue weighted by Gasteiger charge is 2.04. The summed E-state index contributed by atoms with van der Waals surface area (Å²) in [6, 6.07) is 7.76. The van der Waals surface area contributed by atoms with E-state index >= 15 is 0 Å². The molecule has 0 aliphatic rings. The molecule has 4 nitrogen and oxygen atoms in total. The Morgan fingerprint density at radius 1 is 1.25 bits per heavy atom. The standard InChI is InChI=1S/C12H13N3O/c1-2-9-4-5-11(10(13)8-9)16-12-14-6-3-7-15-12/h3-8H,2,13H2,1H3. The minimum Gasteiger partial charge on any atom is -0.422 e. The van der Waals surface area contributed by atoms with E-state index in [1.165, 1.54) is 5.56 Å². The number of hydrogen-bond acceptors (Lipinski definition) is 4. The van der Waals surface area contributed by atoms with Crippen molar-refractivity contribution in [2.45, 2.75) is 13.3 Å². The summed E-state index contributed by atoms with van der Waals surface area (Å²) in [5, 5.41) is 0. The molecule has 0 saturated carbocycles. The van der Waals surface area contributed by atoms with Gasteiger partial charge in [-0.05, 0) is 30.2 Å². The van der Waals surface area contributed by atoms with Crippen molar-refractivity contribution in [1.82, 2.24) is 9.97 Å². The van der Waals surface area contributed by atoms with Crippen LogP contribution < -0.4 is 10.5 Å². The lowest BCUT2D eigenvalue weighted by atomic mass is 10.1. The summed E-state index contributed by atoms with van der Waals surface area (Å²) >= 11 is 0. The Morgan fingerprint density at radius 2 is 2.00 bits per heavy atom. The fourth-order valence-corrected chi connectivity index (χ4v) is 1.35. The van der Waals surface area contributed by atoms with Crippen LogP contribution in [0.1, 0.15) is 12.5 Å². The Morgan fingerprint density at radius 3 is 2.62 bits per heavy atom. The topological polar surface area (TPSA) is 61.0 Å². The van der Waals surface area contributed by atoms with Gasteiger partial charge in [-0.25, -0.2) is 9.97 Å². The predicted molar refractivity (Wildman–Crippen MR) is 62.3 cm³/mol. The Labute approximate surface area is 94.1 Å². The van der Waals surface area contributed by atoms with E-state index in [1.54, 1.807) is 18.5 Å². The Bertz CT molecular complexity index is 471. The molecule has 0 radical (unpaired) electrons. The summed E-state index contributed by atoms with van der Waals surface area (Å²) in [5.74, 6) is 0.586. The highest BCUT2D eigenvalue weighted by molar-refractivity contribution is 5.55. The van der Waals surface area contributed by atoms with Crippen LogP contribution in [0.2, 0.25) is 0 Å². The van der Waals surface area contributed by atoms with E-state index in [4.69, 9.17) is 10.5 Å². The Kier molecular flexibility index (Phi) is 3.00. The van der Waals surface area contributed by atoms with Crippen molar-refractivity contribution < 1.29 is 4.74 Å². The average molecular weight is 215 g/mol. The summed E-state index contributed by atoms with van der Waals surface area (Å²) in [6.07, 6.45) is 4.20. The zero-order valence-electron chi connectivity index (χ0n) is 9.05. The fraction of sp³-hybridized carbons (Fsp3) is 0.167. The van der Waals surface area contributed by atoms with Gasteiger partial charge in [0.05, 0.1) is 5.69 Å². The normalized spacial score (nSPS) is 10.1. The van der Waals surface area contributed by atoms with Crippen molar-refractivity contribution in [2.75, 3.05) is 5.73 Å². The summed E-state index contributed by atoms with van der Waals surface area (Å²) < 4.78 is 5.46. The third-order valence-electron chi connectivity index (χ3n) is 2.23. The van der Waals surface area contributed by atoms with Gasteiger partial charge in [-0.3, -0.25) is 0 Å². The van der Waals surface area contributed by atoms with Gasteiger partial charge in [0.2, 0.25) is 0 Å². The van der Waals surface area contributed by atoms with Crippen LogP contribution in [0.4, 0.5) is 5.69 Å². The molecular weight excluding hydrogens is 202 g/mol. The van der Waals surface area contributed by atoms with Crippen molar-refractivity contribution in [2.24, 2.45) is 0 Å². The molecule has 0 unspecified atom stereocenters. The number of aromatic nitrogens is 2. The molecule has 0 amide bonds. The summed E-state index contributed by atoms with van der Waals surface area (Å²) in [4.78, 5) is 7.94. The Hall–Kier alpha value is -2.10. The van der Waals surface area contributed by atoms with Gasteiger partial charge in [0.25, 0.3) is 0 Å². The monoisotopic (exact) mass is 215 g/mol. The first kappa shape index (κ1) is 10.4. The first-order chi connectivity index (χ1) is 7.79. The molecular formula is C12H13N3O. The highest BCUT2D eigenvalue weighted by atomic mass is 16.5. The average Bonchev–Trinajstić information content (AvgIpc) is 2.33. The lowest BCUT2D eigenvalue weighted by molar-refractivity contribution is 0.443. The van der Waals surface area contributed by atoms with Crippen molar-refractivity contribution in [3.05, 3.63) is 42.2 Å². The lowest BCUT2D eigenvalue weighted by Gasteiger charge is -2.07.